The third-order valence-corrected chi connectivity index (χ3v) is 8.88. The van der Waals surface area contributed by atoms with Crippen LogP contribution in [0.15, 0.2) is 29.1 Å². The molecule has 3 N–H and O–H groups in total. The fourth-order valence-electron chi connectivity index (χ4n) is 4.82. The van der Waals surface area contributed by atoms with Crippen LogP contribution < -0.4 is 15.6 Å². The topological polar surface area (TPSA) is 130 Å². The van der Waals surface area contributed by atoms with E-state index in [2.05, 4.69) is 15.0 Å². The zero-order valence-electron chi connectivity index (χ0n) is 17.9. The molecule has 0 spiro atoms. The fraction of sp³-hybridized carbons (Fsp3) is 0.500. The van der Waals surface area contributed by atoms with E-state index >= 15 is 0 Å². The second-order valence-corrected chi connectivity index (χ2v) is 11.2. The summed E-state index contributed by atoms with van der Waals surface area (Å²) < 4.78 is 42.9. The molecular formula is C22H25FN4O5S. The molecule has 0 unspecified atom stereocenters. The minimum atomic E-state index is -3.60. The van der Waals surface area contributed by atoms with Gasteiger partial charge in [0.05, 0.1) is 10.8 Å². The van der Waals surface area contributed by atoms with Crippen LogP contribution >= 0.6 is 0 Å². The summed E-state index contributed by atoms with van der Waals surface area (Å²) in [7, 11) is -3.60. The summed E-state index contributed by atoms with van der Waals surface area (Å²) in [5.74, 6) is -1.59. The van der Waals surface area contributed by atoms with E-state index in [9.17, 15) is 27.5 Å². The number of hydrogen-bond acceptors (Lipinski definition) is 6. The lowest BCUT2D eigenvalue weighted by Gasteiger charge is -2.36. The third kappa shape index (κ3) is 4.04. The van der Waals surface area contributed by atoms with Crippen molar-refractivity contribution in [3.8, 4) is 5.75 Å². The van der Waals surface area contributed by atoms with E-state index < -0.39 is 49.5 Å². The number of halogens is 1. The first-order valence-corrected chi connectivity index (χ1v) is 12.6. The molecule has 0 saturated heterocycles. The molecule has 2 bridgehead atoms. The Kier molecular flexibility index (Phi) is 5.28. The van der Waals surface area contributed by atoms with Crippen LogP contribution in [0.25, 0.3) is 0 Å². The number of carbonyl (C=O) groups is 1. The van der Waals surface area contributed by atoms with Gasteiger partial charge in [0.2, 0.25) is 15.8 Å². The van der Waals surface area contributed by atoms with Gasteiger partial charge in [-0.15, -0.1) is 0 Å². The number of benzene rings is 1. The fourth-order valence-corrected chi connectivity index (χ4v) is 6.59. The summed E-state index contributed by atoms with van der Waals surface area (Å²) in [5, 5.41) is 12.7. The average molecular weight is 477 g/mol. The summed E-state index contributed by atoms with van der Waals surface area (Å²) >= 11 is 0. The molecule has 33 heavy (non-hydrogen) atoms. The number of aromatic nitrogens is 2. The number of nitrogens with one attached hydrogen (secondary N) is 2. The molecule has 0 radical (unpaired) electrons. The second kappa shape index (κ2) is 7.91. The number of fused-ring (bicyclic) bond motifs is 2. The number of hydrogen-bond donors (Lipinski definition) is 3. The minimum absolute atomic E-state index is 0.0418. The van der Waals surface area contributed by atoms with Crippen LogP contribution in [0, 0.1) is 11.7 Å². The van der Waals surface area contributed by atoms with Crippen molar-refractivity contribution < 1.29 is 22.7 Å². The van der Waals surface area contributed by atoms with Crippen molar-refractivity contribution in [3.63, 3.8) is 0 Å². The quantitative estimate of drug-likeness (QED) is 0.579. The van der Waals surface area contributed by atoms with Crippen LogP contribution in [-0.4, -0.2) is 34.2 Å². The van der Waals surface area contributed by atoms with Crippen molar-refractivity contribution in [3.05, 3.63) is 57.5 Å². The number of carbonyl (C=O) groups excluding carboxylic acids is 1. The Morgan fingerprint density at radius 3 is 2.48 bits per heavy atom. The van der Waals surface area contributed by atoms with Gasteiger partial charge in [-0.05, 0) is 62.1 Å². The molecule has 2 saturated carbocycles. The number of sulfonamides is 1. The van der Waals surface area contributed by atoms with Crippen molar-refractivity contribution in [1.82, 2.24) is 19.6 Å². The average Bonchev–Trinajstić information content (AvgIpc) is 3.64. The van der Waals surface area contributed by atoms with Crippen LogP contribution in [-0.2, 0) is 28.7 Å². The van der Waals surface area contributed by atoms with Gasteiger partial charge >= 0.3 is 0 Å². The predicted molar refractivity (Wildman–Crippen MR) is 116 cm³/mol. The molecule has 3 heterocycles. The maximum Gasteiger partial charge on any atom is 0.296 e. The Balaban J connectivity index is 1.51. The van der Waals surface area contributed by atoms with Crippen LogP contribution in [0.3, 0.4) is 0 Å². The Bertz CT molecular complexity index is 1260. The first-order valence-electron chi connectivity index (χ1n) is 11.1. The van der Waals surface area contributed by atoms with Gasteiger partial charge in [0.25, 0.3) is 11.5 Å². The molecule has 1 aromatic carbocycles. The highest BCUT2D eigenvalue weighted by molar-refractivity contribution is 7.90. The Morgan fingerprint density at radius 1 is 1.18 bits per heavy atom. The second-order valence-electron chi connectivity index (χ2n) is 9.23. The van der Waals surface area contributed by atoms with Gasteiger partial charge in [0.15, 0.2) is 5.69 Å². The molecule has 9 nitrogen and oxygen atoms in total. The van der Waals surface area contributed by atoms with E-state index in [0.717, 1.165) is 0 Å². The molecule has 2 aromatic rings. The summed E-state index contributed by atoms with van der Waals surface area (Å²) in [4.78, 5) is 30.3. The lowest BCUT2D eigenvalue weighted by molar-refractivity contribution is 0.0941. The standard InChI is InChI=1S/C22H25FN4O5S/c23-15-3-1-13(2-4-15)11-24-19(29)17-18(28)20(30)27-12-14-7-9-22(10-8-14,21(27)25-17)26-33(31,32)16-5-6-16/h1-4,14,16,26,28H,5-12H2,(H,24,29). The number of amides is 1. The van der Waals surface area contributed by atoms with Crippen LogP contribution in [0.4, 0.5) is 4.39 Å². The Labute approximate surface area is 190 Å². The van der Waals surface area contributed by atoms with Crippen LogP contribution in [0.5, 0.6) is 5.75 Å². The van der Waals surface area contributed by atoms with Crippen molar-refractivity contribution in [2.45, 2.75) is 62.4 Å². The van der Waals surface area contributed by atoms with E-state index in [1.165, 1.54) is 28.8 Å². The molecule has 11 heteroatoms. The van der Waals surface area contributed by atoms with Crippen molar-refractivity contribution in [2.24, 2.45) is 5.92 Å². The van der Waals surface area contributed by atoms with Crippen LogP contribution in [0.1, 0.15) is 60.4 Å². The maximum atomic E-state index is 13.1. The molecule has 1 amide bonds. The largest absolute Gasteiger partial charge is 0.501 e. The maximum absolute atomic E-state index is 13.1. The van der Waals surface area contributed by atoms with Crippen molar-refractivity contribution in [1.29, 1.82) is 0 Å². The normalized spacial score (nSPS) is 24.2. The van der Waals surface area contributed by atoms with Gasteiger partial charge in [-0.1, -0.05) is 12.1 Å². The zero-order chi connectivity index (χ0) is 23.4. The number of aromatic hydroxyl groups is 1. The summed E-state index contributed by atoms with van der Waals surface area (Å²) in [6, 6.07) is 5.54. The summed E-state index contributed by atoms with van der Waals surface area (Å²) in [6.07, 6.45) is 3.56. The highest BCUT2D eigenvalue weighted by Crippen LogP contribution is 2.44. The Hall–Kier alpha value is -2.79. The highest BCUT2D eigenvalue weighted by Gasteiger charge is 2.49. The molecule has 0 atom stereocenters. The molecule has 176 valence electrons. The molecule has 2 aliphatic heterocycles. The molecule has 6 rings (SSSR count). The van der Waals surface area contributed by atoms with Gasteiger partial charge < -0.3 is 10.4 Å². The van der Waals surface area contributed by atoms with Gasteiger partial charge in [0, 0.05) is 13.1 Å². The third-order valence-electron chi connectivity index (χ3n) is 6.86. The van der Waals surface area contributed by atoms with Gasteiger partial charge in [0.1, 0.15) is 11.6 Å². The molecule has 2 fully saturated rings. The zero-order valence-corrected chi connectivity index (χ0v) is 18.7. The summed E-state index contributed by atoms with van der Waals surface area (Å²) in [6.45, 7) is 0.360. The molecular weight excluding hydrogens is 451 g/mol. The lowest BCUT2D eigenvalue weighted by Crippen LogP contribution is -2.50. The Morgan fingerprint density at radius 2 is 1.85 bits per heavy atom. The van der Waals surface area contributed by atoms with Gasteiger partial charge in [-0.25, -0.2) is 22.5 Å². The first-order chi connectivity index (χ1) is 15.7. The number of nitrogens with zero attached hydrogens (tertiary/aromatic N) is 2. The SMILES string of the molecule is O=C(NCc1ccc(F)cc1)c1nc2n(c(=O)c1O)CC1CCC2(NS(=O)(=O)C2CC2)CC1. The smallest absolute Gasteiger partial charge is 0.296 e. The van der Waals surface area contributed by atoms with E-state index in [-0.39, 0.29) is 18.3 Å². The van der Waals surface area contributed by atoms with E-state index in [0.29, 0.717) is 50.6 Å². The monoisotopic (exact) mass is 476 g/mol. The molecule has 1 aromatic heterocycles. The molecule has 4 aliphatic rings. The van der Waals surface area contributed by atoms with E-state index in [1.807, 2.05) is 0 Å². The van der Waals surface area contributed by atoms with E-state index in [4.69, 9.17) is 0 Å². The molecule has 2 aliphatic carbocycles. The van der Waals surface area contributed by atoms with Crippen molar-refractivity contribution in [2.75, 3.05) is 0 Å². The predicted octanol–water partition coefficient (Wildman–Crippen LogP) is 1.50. The summed E-state index contributed by atoms with van der Waals surface area (Å²) in [5.41, 5.74) is -1.66. The lowest BCUT2D eigenvalue weighted by atomic mass is 9.78. The minimum Gasteiger partial charge on any atom is -0.501 e. The van der Waals surface area contributed by atoms with Gasteiger partial charge in [-0.2, -0.15) is 0 Å². The first kappa shape index (κ1) is 22.0. The highest BCUT2D eigenvalue weighted by atomic mass is 32.2. The van der Waals surface area contributed by atoms with Crippen molar-refractivity contribution >= 4 is 15.9 Å². The van der Waals surface area contributed by atoms with Gasteiger partial charge in [-0.3, -0.25) is 14.2 Å². The van der Waals surface area contributed by atoms with E-state index in [1.54, 1.807) is 0 Å². The number of rotatable bonds is 6. The van der Waals surface area contributed by atoms with Crippen LogP contribution in [0.2, 0.25) is 0 Å².